The van der Waals surface area contributed by atoms with E-state index < -0.39 is 0 Å². The lowest BCUT2D eigenvalue weighted by atomic mass is 9.83. The van der Waals surface area contributed by atoms with Crippen LogP contribution in [0.5, 0.6) is 0 Å². The highest BCUT2D eigenvalue weighted by molar-refractivity contribution is 5.14. The fraction of sp³-hybridized carbons (Fsp3) is 0.750. The molecule has 2 aliphatic heterocycles. The largest absolute Gasteiger partial charge is 0.225 e. The van der Waals surface area contributed by atoms with E-state index in [0.29, 0.717) is 0 Å². The SMILES string of the molecule is C[C@]12C=C[C@](C)(CC1)OO2. The van der Waals surface area contributed by atoms with Crippen molar-refractivity contribution in [1.29, 1.82) is 0 Å². The van der Waals surface area contributed by atoms with Gasteiger partial charge in [-0.05, 0) is 26.7 Å². The molecule has 3 rings (SSSR count). The fourth-order valence-corrected chi connectivity index (χ4v) is 1.34. The lowest BCUT2D eigenvalue weighted by molar-refractivity contribution is -0.419. The third-order valence-corrected chi connectivity index (χ3v) is 2.33. The van der Waals surface area contributed by atoms with Gasteiger partial charge in [0.1, 0.15) is 11.2 Å². The zero-order chi connectivity index (χ0) is 7.24. The maximum Gasteiger partial charge on any atom is 0.119 e. The van der Waals surface area contributed by atoms with Crippen LogP contribution in [0.3, 0.4) is 0 Å². The minimum absolute atomic E-state index is 0.141. The third-order valence-electron chi connectivity index (χ3n) is 2.33. The Labute approximate surface area is 60.7 Å². The van der Waals surface area contributed by atoms with Crippen molar-refractivity contribution in [3.8, 4) is 0 Å². The van der Waals surface area contributed by atoms with E-state index in [-0.39, 0.29) is 11.2 Å². The summed E-state index contributed by atoms with van der Waals surface area (Å²) in [7, 11) is 0. The minimum Gasteiger partial charge on any atom is -0.225 e. The highest BCUT2D eigenvalue weighted by Crippen LogP contribution is 2.39. The molecule has 1 saturated heterocycles. The van der Waals surface area contributed by atoms with Crippen LogP contribution in [-0.4, -0.2) is 11.2 Å². The Bertz CT molecular complexity index is 156. The topological polar surface area (TPSA) is 18.5 Å². The Morgan fingerprint density at radius 2 is 1.40 bits per heavy atom. The molecule has 0 unspecified atom stereocenters. The van der Waals surface area contributed by atoms with Crippen molar-refractivity contribution in [3.05, 3.63) is 12.2 Å². The molecule has 0 radical (unpaired) electrons. The minimum atomic E-state index is -0.141. The van der Waals surface area contributed by atoms with Crippen molar-refractivity contribution in [2.24, 2.45) is 0 Å². The van der Waals surface area contributed by atoms with E-state index in [1.165, 1.54) is 0 Å². The van der Waals surface area contributed by atoms with E-state index in [2.05, 4.69) is 12.2 Å². The van der Waals surface area contributed by atoms with Gasteiger partial charge in [-0.2, -0.15) is 0 Å². The molecule has 56 valence electrons. The van der Waals surface area contributed by atoms with Gasteiger partial charge in [0.05, 0.1) is 0 Å². The zero-order valence-electron chi connectivity index (χ0n) is 6.39. The Hall–Kier alpha value is -0.340. The molecule has 0 aromatic heterocycles. The van der Waals surface area contributed by atoms with Crippen LogP contribution in [-0.2, 0) is 9.78 Å². The predicted octanol–water partition coefficient (Wildman–Crippen LogP) is 1.82. The molecular formula is C8H12O2. The van der Waals surface area contributed by atoms with Crippen LogP contribution in [0.2, 0.25) is 0 Å². The van der Waals surface area contributed by atoms with Crippen molar-refractivity contribution in [2.75, 3.05) is 0 Å². The van der Waals surface area contributed by atoms with E-state index in [9.17, 15) is 0 Å². The monoisotopic (exact) mass is 140 g/mol. The highest BCUT2D eigenvalue weighted by Gasteiger charge is 2.42. The molecule has 0 spiro atoms. The normalized spacial score (nSPS) is 51.8. The van der Waals surface area contributed by atoms with Gasteiger partial charge >= 0.3 is 0 Å². The summed E-state index contributed by atoms with van der Waals surface area (Å²) in [5, 5.41) is 0. The van der Waals surface area contributed by atoms with E-state index >= 15 is 0 Å². The van der Waals surface area contributed by atoms with Crippen LogP contribution in [0.4, 0.5) is 0 Å². The fourth-order valence-electron chi connectivity index (χ4n) is 1.34. The smallest absolute Gasteiger partial charge is 0.119 e. The second-order valence-electron chi connectivity index (χ2n) is 3.63. The molecule has 0 amide bonds. The quantitative estimate of drug-likeness (QED) is 0.377. The average molecular weight is 140 g/mol. The second kappa shape index (κ2) is 1.63. The maximum absolute atomic E-state index is 5.18. The van der Waals surface area contributed by atoms with Crippen LogP contribution >= 0.6 is 0 Å². The van der Waals surface area contributed by atoms with Crippen molar-refractivity contribution < 1.29 is 9.78 Å². The molecule has 3 aliphatic rings. The van der Waals surface area contributed by atoms with E-state index in [1.807, 2.05) is 13.8 Å². The molecular weight excluding hydrogens is 128 g/mol. The molecule has 10 heavy (non-hydrogen) atoms. The summed E-state index contributed by atoms with van der Waals surface area (Å²) in [5.74, 6) is 0. The van der Waals surface area contributed by atoms with Gasteiger partial charge in [-0.15, -0.1) is 0 Å². The lowest BCUT2D eigenvalue weighted by Gasteiger charge is -2.43. The van der Waals surface area contributed by atoms with Crippen LogP contribution in [0.15, 0.2) is 12.2 Å². The standard InChI is InChI=1S/C8H12O2/c1-7-3-5-8(2,6-4-7)10-9-7/h3,5H,4,6H2,1-2H3/t7-,8+. The van der Waals surface area contributed by atoms with Crippen LogP contribution < -0.4 is 0 Å². The lowest BCUT2D eigenvalue weighted by Crippen LogP contribution is -2.46. The summed E-state index contributed by atoms with van der Waals surface area (Å²) >= 11 is 0. The molecule has 2 heterocycles. The molecule has 2 bridgehead atoms. The third kappa shape index (κ3) is 0.796. The number of rotatable bonds is 0. The van der Waals surface area contributed by atoms with E-state index in [0.717, 1.165) is 12.8 Å². The Morgan fingerprint density at radius 3 is 1.60 bits per heavy atom. The molecule has 1 aliphatic carbocycles. The van der Waals surface area contributed by atoms with Crippen molar-refractivity contribution in [2.45, 2.75) is 37.9 Å². The molecule has 0 aromatic carbocycles. The summed E-state index contributed by atoms with van der Waals surface area (Å²) in [6.45, 7) is 4.09. The zero-order valence-corrected chi connectivity index (χ0v) is 6.39. The molecule has 2 heteroatoms. The van der Waals surface area contributed by atoms with Gasteiger partial charge in [0, 0.05) is 0 Å². The summed E-state index contributed by atoms with van der Waals surface area (Å²) in [6, 6.07) is 0. The average Bonchev–Trinajstić information content (AvgIpc) is 1.93. The Morgan fingerprint density at radius 1 is 1.00 bits per heavy atom. The summed E-state index contributed by atoms with van der Waals surface area (Å²) in [4.78, 5) is 10.4. The summed E-state index contributed by atoms with van der Waals surface area (Å²) < 4.78 is 0. The van der Waals surface area contributed by atoms with Gasteiger partial charge in [-0.3, -0.25) is 0 Å². The molecule has 2 nitrogen and oxygen atoms in total. The molecule has 0 N–H and O–H groups in total. The number of hydrogen-bond acceptors (Lipinski definition) is 2. The number of hydrogen-bond donors (Lipinski definition) is 0. The molecule has 1 fully saturated rings. The van der Waals surface area contributed by atoms with E-state index in [1.54, 1.807) is 0 Å². The molecule has 2 atom stereocenters. The van der Waals surface area contributed by atoms with Gasteiger partial charge in [-0.1, -0.05) is 12.2 Å². The van der Waals surface area contributed by atoms with Crippen LogP contribution in [0.1, 0.15) is 26.7 Å². The first kappa shape index (κ1) is 6.38. The summed E-state index contributed by atoms with van der Waals surface area (Å²) in [5.41, 5.74) is -0.282. The van der Waals surface area contributed by atoms with E-state index in [4.69, 9.17) is 9.78 Å². The van der Waals surface area contributed by atoms with Gasteiger partial charge in [0.2, 0.25) is 0 Å². The Balaban J connectivity index is 2.33. The van der Waals surface area contributed by atoms with Gasteiger partial charge in [0.15, 0.2) is 0 Å². The predicted molar refractivity (Wildman–Crippen MR) is 37.4 cm³/mol. The van der Waals surface area contributed by atoms with Crippen molar-refractivity contribution in [3.63, 3.8) is 0 Å². The second-order valence-corrected chi connectivity index (χ2v) is 3.63. The van der Waals surface area contributed by atoms with Gasteiger partial charge in [0.25, 0.3) is 0 Å². The van der Waals surface area contributed by atoms with Gasteiger partial charge in [-0.25, -0.2) is 9.78 Å². The van der Waals surface area contributed by atoms with Crippen LogP contribution in [0, 0.1) is 0 Å². The number of fused-ring (bicyclic) bond motifs is 2. The first-order chi connectivity index (χ1) is 4.62. The molecule has 0 saturated carbocycles. The Kier molecular flexibility index (Phi) is 1.04. The van der Waals surface area contributed by atoms with Crippen molar-refractivity contribution in [1.82, 2.24) is 0 Å². The van der Waals surface area contributed by atoms with Crippen LogP contribution in [0.25, 0.3) is 0 Å². The highest BCUT2D eigenvalue weighted by atomic mass is 17.2. The summed E-state index contributed by atoms with van der Waals surface area (Å²) in [6.07, 6.45) is 6.33. The first-order valence-electron chi connectivity index (χ1n) is 3.69. The van der Waals surface area contributed by atoms with Crippen molar-refractivity contribution >= 4 is 0 Å². The maximum atomic E-state index is 5.18. The molecule has 0 aromatic rings. The van der Waals surface area contributed by atoms with Gasteiger partial charge < -0.3 is 0 Å². The first-order valence-corrected chi connectivity index (χ1v) is 3.69.